The molecule has 50 heavy (non-hydrogen) atoms. The zero-order valence-electron chi connectivity index (χ0n) is 30.9. The second kappa shape index (κ2) is 35.1. The van der Waals surface area contributed by atoms with Gasteiger partial charge in [-0.15, -0.1) is 0 Å². The van der Waals surface area contributed by atoms with Gasteiger partial charge in [0.1, 0.15) is 12.1 Å². The molecule has 0 aromatic heterocycles. The summed E-state index contributed by atoms with van der Waals surface area (Å²) in [5.74, 6) is -2.60. The Hall–Kier alpha value is -3.72. The molecular weight excluding hydrogens is 632 g/mol. The first-order valence-corrected chi connectivity index (χ1v) is 18.8. The number of unbranched alkanes of at least 4 members (excludes halogenated alkanes) is 8. The summed E-state index contributed by atoms with van der Waals surface area (Å²) >= 11 is 0. The largest absolute Gasteiger partial charge is 0.480 e. The first-order chi connectivity index (χ1) is 24.3. The topological polar surface area (TPSA) is 142 Å². The molecule has 282 valence electrons. The van der Waals surface area contributed by atoms with E-state index in [0.29, 0.717) is 25.7 Å². The number of amides is 2. The van der Waals surface area contributed by atoms with Gasteiger partial charge >= 0.3 is 11.9 Å². The van der Waals surface area contributed by atoms with Crippen LogP contribution >= 0.6 is 0 Å². The van der Waals surface area contributed by atoms with Crippen LogP contribution in [0.5, 0.6) is 0 Å². The van der Waals surface area contributed by atoms with Crippen LogP contribution < -0.4 is 10.6 Å². The minimum absolute atomic E-state index is 0.177. The molecule has 0 fully saturated rings. The second-order valence-electron chi connectivity index (χ2n) is 12.3. The predicted molar refractivity (Wildman–Crippen MR) is 203 cm³/mol. The Bertz CT molecular complexity index is 1070. The highest BCUT2D eigenvalue weighted by atomic mass is 16.5. The molecule has 0 aliphatic rings. The van der Waals surface area contributed by atoms with E-state index < -0.39 is 24.5 Å². The summed E-state index contributed by atoms with van der Waals surface area (Å²) in [4.78, 5) is 47.6. The number of carboxylic acids is 1. The molecule has 2 atom stereocenters. The number of hydrogen-bond acceptors (Lipinski definition) is 6. The Morgan fingerprint density at radius 1 is 0.640 bits per heavy atom. The summed E-state index contributed by atoms with van der Waals surface area (Å²) in [5, 5.41) is 22.5. The van der Waals surface area contributed by atoms with Gasteiger partial charge in [-0.25, -0.2) is 4.79 Å². The number of carbonyl (C=O) groups is 4. The highest BCUT2D eigenvalue weighted by Gasteiger charge is 2.19. The number of aliphatic carboxylic acids is 1. The van der Waals surface area contributed by atoms with Gasteiger partial charge in [0.2, 0.25) is 11.8 Å². The van der Waals surface area contributed by atoms with Crippen molar-refractivity contribution in [3.8, 4) is 0 Å². The van der Waals surface area contributed by atoms with Crippen LogP contribution in [0.2, 0.25) is 0 Å². The van der Waals surface area contributed by atoms with Gasteiger partial charge in [-0.05, 0) is 83.1 Å². The van der Waals surface area contributed by atoms with E-state index in [0.717, 1.165) is 57.8 Å². The van der Waals surface area contributed by atoms with E-state index in [1.54, 1.807) is 0 Å². The molecule has 0 rings (SSSR count). The van der Waals surface area contributed by atoms with Crippen molar-refractivity contribution in [3.05, 3.63) is 72.9 Å². The van der Waals surface area contributed by atoms with Gasteiger partial charge < -0.3 is 25.6 Å². The maximum absolute atomic E-state index is 12.6. The lowest BCUT2D eigenvalue weighted by atomic mass is 10.1. The molecule has 0 aromatic carbocycles. The minimum Gasteiger partial charge on any atom is -0.480 e. The summed E-state index contributed by atoms with van der Waals surface area (Å²) in [6, 6.07) is -1.41. The number of carbonyl (C=O) groups excluding carboxylic acids is 3. The quantitative estimate of drug-likeness (QED) is 0.0314. The Labute approximate surface area is 302 Å². The monoisotopic (exact) mass is 698 g/mol. The van der Waals surface area contributed by atoms with E-state index in [-0.39, 0.29) is 30.9 Å². The van der Waals surface area contributed by atoms with Crippen LogP contribution in [0.4, 0.5) is 0 Å². The fourth-order valence-electron chi connectivity index (χ4n) is 4.76. The zero-order chi connectivity index (χ0) is 36.9. The van der Waals surface area contributed by atoms with E-state index in [4.69, 9.17) is 14.9 Å². The van der Waals surface area contributed by atoms with Crippen LogP contribution in [0.3, 0.4) is 0 Å². The molecule has 0 saturated heterocycles. The lowest BCUT2D eigenvalue weighted by Crippen LogP contribution is -2.47. The average Bonchev–Trinajstić information content (AvgIpc) is 3.10. The van der Waals surface area contributed by atoms with Gasteiger partial charge in [0, 0.05) is 12.8 Å². The van der Waals surface area contributed by atoms with Crippen molar-refractivity contribution in [3.63, 3.8) is 0 Å². The molecule has 0 spiro atoms. The molecule has 0 radical (unpaired) electrons. The molecule has 2 amide bonds. The predicted octanol–water partition coefficient (Wildman–Crippen LogP) is 8.37. The standard InChI is InChI=1S/C41H66N2O7/c1-3-5-7-9-11-13-15-16-17-19-20-22-24-26-30-36(50-40(47)33-27-25-23-21-18-14-12-10-8-6-4-2)31-28-29-32-38(45)42-34-39(46)43-37(35-44)41(48)49/h5,7,10-13,16-17,20,22,26,30,36-37,44H,3-4,6,8-9,14-15,18-19,21,23-25,27-29,31-35H2,1-2H3,(H,42,45)(H,43,46)(H,48,49)/b7-5-,12-10-,13-11-,17-16-,22-20-,30-26-. The molecular formula is C41H66N2O7. The van der Waals surface area contributed by atoms with E-state index >= 15 is 0 Å². The molecule has 4 N–H and O–H groups in total. The Balaban J connectivity index is 4.64. The third kappa shape index (κ3) is 31.5. The Morgan fingerprint density at radius 3 is 1.80 bits per heavy atom. The second-order valence-corrected chi connectivity index (χ2v) is 12.3. The summed E-state index contributed by atoms with van der Waals surface area (Å²) in [6.45, 7) is 3.22. The highest BCUT2D eigenvalue weighted by Crippen LogP contribution is 2.13. The Kier molecular flexibility index (Phi) is 32.5. The van der Waals surface area contributed by atoms with E-state index in [2.05, 4.69) is 85.2 Å². The number of nitrogens with one attached hydrogen (secondary N) is 2. The molecule has 0 aliphatic carbocycles. The lowest BCUT2D eigenvalue weighted by molar-refractivity contribution is -0.147. The zero-order valence-corrected chi connectivity index (χ0v) is 30.9. The van der Waals surface area contributed by atoms with Crippen LogP contribution in [-0.4, -0.2) is 59.3 Å². The van der Waals surface area contributed by atoms with Crippen molar-refractivity contribution in [1.82, 2.24) is 10.6 Å². The van der Waals surface area contributed by atoms with Gasteiger partial charge in [0.15, 0.2) is 0 Å². The smallest absolute Gasteiger partial charge is 0.328 e. The van der Waals surface area contributed by atoms with Crippen LogP contribution in [0, 0.1) is 0 Å². The number of esters is 1. The SMILES string of the molecule is CC/C=C\C/C=C\C/C=C\C/C=C\C/C=C\C(CCCCC(=O)NCC(=O)NC(CO)C(=O)O)OC(=O)CCCCCCC/C=C\CCCC. The first kappa shape index (κ1) is 46.3. The molecule has 0 heterocycles. The number of carboxylic acid groups (broad SMARTS) is 1. The highest BCUT2D eigenvalue weighted by molar-refractivity contribution is 5.87. The minimum atomic E-state index is -1.41. The van der Waals surface area contributed by atoms with Gasteiger partial charge in [0.25, 0.3) is 0 Å². The summed E-state index contributed by atoms with van der Waals surface area (Å²) in [6.07, 6.45) is 42.2. The van der Waals surface area contributed by atoms with Crippen LogP contribution in [0.15, 0.2) is 72.9 Å². The summed E-state index contributed by atoms with van der Waals surface area (Å²) in [7, 11) is 0. The van der Waals surface area contributed by atoms with E-state index in [1.807, 2.05) is 12.2 Å². The van der Waals surface area contributed by atoms with Gasteiger partial charge in [-0.3, -0.25) is 14.4 Å². The number of ether oxygens (including phenoxy) is 1. The molecule has 0 saturated carbocycles. The maximum atomic E-state index is 12.6. The number of hydrogen-bond donors (Lipinski definition) is 4. The van der Waals surface area contributed by atoms with Gasteiger partial charge in [-0.2, -0.15) is 0 Å². The molecule has 9 nitrogen and oxygen atoms in total. The van der Waals surface area contributed by atoms with E-state index in [9.17, 15) is 19.2 Å². The van der Waals surface area contributed by atoms with Gasteiger partial charge in [0.05, 0.1) is 13.2 Å². The number of aliphatic hydroxyl groups is 1. The molecule has 0 bridgehead atoms. The molecule has 9 heteroatoms. The lowest BCUT2D eigenvalue weighted by Gasteiger charge is -2.15. The third-order valence-electron chi connectivity index (χ3n) is 7.67. The molecule has 0 aromatic rings. The van der Waals surface area contributed by atoms with Crippen molar-refractivity contribution in [2.45, 2.75) is 148 Å². The normalized spacial score (nSPS) is 13.3. The number of rotatable bonds is 32. The summed E-state index contributed by atoms with van der Waals surface area (Å²) in [5.41, 5.74) is 0. The van der Waals surface area contributed by atoms with E-state index in [1.165, 1.54) is 32.1 Å². The number of allylic oxidation sites excluding steroid dienone is 11. The third-order valence-corrected chi connectivity index (χ3v) is 7.67. The first-order valence-electron chi connectivity index (χ1n) is 18.8. The van der Waals surface area contributed by atoms with Crippen molar-refractivity contribution < 1.29 is 34.1 Å². The van der Waals surface area contributed by atoms with Crippen molar-refractivity contribution >= 4 is 23.8 Å². The fraction of sp³-hybridized carbons (Fsp3) is 0.610. The average molecular weight is 699 g/mol. The van der Waals surface area contributed by atoms with Crippen LogP contribution in [0.25, 0.3) is 0 Å². The molecule has 0 aliphatic heterocycles. The van der Waals surface area contributed by atoms with Crippen LogP contribution in [-0.2, 0) is 23.9 Å². The fourth-order valence-corrected chi connectivity index (χ4v) is 4.76. The molecule has 2 unspecified atom stereocenters. The van der Waals surface area contributed by atoms with Crippen molar-refractivity contribution in [2.75, 3.05) is 13.2 Å². The summed E-state index contributed by atoms with van der Waals surface area (Å²) < 4.78 is 5.81. The van der Waals surface area contributed by atoms with Crippen molar-refractivity contribution in [2.24, 2.45) is 0 Å². The van der Waals surface area contributed by atoms with Crippen molar-refractivity contribution in [1.29, 1.82) is 0 Å². The van der Waals surface area contributed by atoms with Gasteiger partial charge in [-0.1, -0.05) is 113 Å². The number of aliphatic hydroxyl groups excluding tert-OH is 1. The Morgan fingerprint density at radius 2 is 1.20 bits per heavy atom. The maximum Gasteiger partial charge on any atom is 0.328 e. The van der Waals surface area contributed by atoms with Crippen LogP contribution in [0.1, 0.15) is 136 Å².